The lowest BCUT2D eigenvalue weighted by atomic mass is 10.0. The van der Waals surface area contributed by atoms with Gasteiger partial charge in [-0.25, -0.2) is 13.2 Å². The standard InChI is InChI=1S/C25H25NO4S/c1-19-12-14-23(15-13-19)31(28,29)26-17-20(16-24(26)21-8-4-2-5-9-21)18-30-25(27)22-10-6-3-7-11-22/h2-15,20,24H,16-18H2,1H3/t20-,24?/m0/s1. The lowest BCUT2D eigenvalue weighted by Gasteiger charge is -2.24. The molecule has 0 aromatic heterocycles. The molecule has 1 fully saturated rings. The summed E-state index contributed by atoms with van der Waals surface area (Å²) in [6.07, 6.45) is 0.594. The summed E-state index contributed by atoms with van der Waals surface area (Å²) >= 11 is 0. The monoisotopic (exact) mass is 435 g/mol. The molecule has 5 nitrogen and oxygen atoms in total. The molecule has 0 bridgehead atoms. The van der Waals surface area contributed by atoms with Crippen LogP contribution in [-0.2, 0) is 14.8 Å². The largest absolute Gasteiger partial charge is 0.462 e. The first-order chi connectivity index (χ1) is 14.9. The second kappa shape index (κ2) is 9.04. The lowest BCUT2D eigenvalue weighted by Crippen LogP contribution is -2.31. The Labute approximate surface area is 183 Å². The smallest absolute Gasteiger partial charge is 0.338 e. The van der Waals surface area contributed by atoms with Gasteiger partial charge in [-0.05, 0) is 43.2 Å². The molecular formula is C25H25NO4S. The Kier molecular flexibility index (Phi) is 6.20. The van der Waals surface area contributed by atoms with Crippen LogP contribution in [0.1, 0.15) is 33.9 Å². The molecule has 31 heavy (non-hydrogen) atoms. The zero-order valence-corrected chi connectivity index (χ0v) is 18.2. The molecule has 1 aliphatic rings. The van der Waals surface area contributed by atoms with Crippen LogP contribution < -0.4 is 0 Å². The molecule has 3 aromatic carbocycles. The van der Waals surface area contributed by atoms with Crippen molar-refractivity contribution in [3.8, 4) is 0 Å². The molecule has 0 amide bonds. The minimum atomic E-state index is -3.68. The molecule has 0 radical (unpaired) electrons. The van der Waals surface area contributed by atoms with Gasteiger partial charge in [-0.3, -0.25) is 0 Å². The number of hydrogen-bond donors (Lipinski definition) is 0. The zero-order valence-electron chi connectivity index (χ0n) is 17.3. The van der Waals surface area contributed by atoms with Crippen molar-refractivity contribution in [1.29, 1.82) is 0 Å². The molecule has 1 unspecified atom stereocenters. The van der Waals surface area contributed by atoms with Crippen molar-refractivity contribution < 1.29 is 17.9 Å². The van der Waals surface area contributed by atoms with Gasteiger partial charge >= 0.3 is 5.97 Å². The number of rotatable bonds is 6. The second-order valence-electron chi connectivity index (χ2n) is 7.88. The molecule has 160 valence electrons. The number of sulfonamides is 1. The number of carbonyl (C=O) groups is 1. The van der Waals surface area contributed by atoms with Gasteiger partial charge in [0.15, 0.2) is 0 Å². The summed E-state index contributed by atoms with van der Waals surface area (Å²) in [6, 6.07) is 25.1. The third-order valence-corrected chi connectivity index (χ3v) is 7.50. The molecule has 0 saturated carbocycles. The first-order valence-corrected chi connectivity index (χ1v) is 11.7. The van der Waals surface area contributed by atoms with Gasteiger partial charge in [0.2, 0.25) is 10.0 Å². The van der Waals surface area contributed by atoms with Gasteiger partial charge in [0.25, 0.3) is 0 Å². The van der Waals surface area contributed by atoms with Crippen LogP contribution >= 0.6 is 0 Å². The first-order valence-electron chi connectivity index (χ1n) is 10.3. The average Bonchev–Trinajstić information content (AvgIpc) is 3.24. The predicted octanol–water partition coefficient (Wildman–Crippen LogP) is 4.60. The third kappa shape index (κ3) is 4.70. The number of ether oxygens (including phenoxy) is 1. The highest BCUT2D eigenvalue weighted by molar-refractivity contribution is 7.89. The van der Waals surface area contributed by atoms with Crippen molar-refractivity contribution in [2.75, 3.05) is 13.2 Å². The number of aryl methyl sites for hydroxylation is 1. The number of hydrogen-bond acceptors (Lipinski definition) is 4. The molecule has 1 heterocycles. The van der Waals surface area contributed by atoms with Crippen LogP contribution in [-0.4, -0.2) is 31.8 Å². The maximum Gasteiger partial charge on any atom is 0.338 e. The molecule has 1 aliphatic heterocycles. The fraction of sp³-hybridized carbons (Fsp3) is 0.240. The van der Waals surface area contributed by atoms with Crippen LogP contribution in [0, 0.1) is 12.8 Å². The summed E-state index contributed by atoms with van der Waals surface area (Å²) in [4.78, 5) is 12.6. The normalized spacial score (nSPS) is 19.3. The SMILES string of the molecule is Cc1ccc(S(=O)(=O)N2C[C@@H](COC(=O)c3ccccc3)CC2c2ccccc2)cc1. The highest BCUT2D eigenvalue weighted by Gasteiger charge is 2.41. The molecular weight excluding hydrogens is 410 g/mol. The van der Waals surface area contributed by atoms with Crippen LogP contribution in [0.25, 0.3) is 0 Å². The average molecular weight is 436 g/mol. The summed E-state index contributed by atoms with van der Waals surface area (Å²) in [5, 5.41) is 0. The second-order valence-corrected chi connectivity index (χ2v) is 9.77. The van der Waals surface area contributed by atoms with Crippen LogP contribution in [0.3, 0.4) is 0 Å². The van der Waals surface area contributed by atoms with Crippen LogP contribution in [0.2, 0.25) is 0 Å². The Balaban J connectivity index is 1.56. The third-order valence-electron chi connectivity index (χ3n) is 5.61. The number of esters is 1. The summed E-state index contributed by atoms with van der Waals surface area (Å²) in [7, 11) is -3.68. The molecule has 3 aromatic rings. The van der Waals surface area contributed by atoms with Crippen LogP contribution in [0.15, 0.2) is 89.8 Å². The zero-order chi connectivity index (χ0) is 21.8. The van der Waals surface area contributed by atoms with Crippen molar-refractivity contribution in [2.45, 2.75) is 24.3 Å². The highest BCUT2D eigenvalue weighted by Crippen LogP contribution is 2.39. The van der Waals surface area contributed by atoms with E-state index < -0.39 is 16.0 Å². The van der Waals surface area contributed by atoms with E-state index in [0.29, 0.717) is 18.5 Å². The van der Waals surface area contributed by atoms with Crippen molar-refractivity contribution >= 4 is 16.0 Å². The highest BCUT2D eigenvalue weighted by atomic mass is 32.2. The maximum atomic E-state index is 13.5. The summed E-state index contributed by atoms with van der Waals surface area (Å²) in [5.41, 5.74) is 2.44. The Bertz CT molecular complexity index is 1130. The molecule has 6 heteroatoms. The van der Waals surface area contributed by atoms with Crippen LogP contribution in [0.5, 0.6) is 0 Å². The van der Waals surface area contributed by atoms with E-state index >= 15 is 0 Å². The number of benzene rings is 3. The molecule has 0 spiro atoms. The predicted molar refractivity (Wildman–Crippen MR) is 119 cm³/mol. The molecule has 0 aliphatic carbocycles. The van der Waals surface area contributed by atoms with Gasteiger partial charge in [-0.1, -0.05) is 66.2 Å². The fourth-order valence-electron chi connectivity index (χ4n) is 3.95. The van der Waals surface area contributed by atoms with Gasteiger partial charge in [-0.2, -0.15) is 4.31 Å². The Morgan fingerprint density at radius 3 is 2.19 bits per heavy atom. The van der Waals surface area contributed by atoms with Gasteiger partial charge in [-0.15, -0.1) is 0 Å². The minimum absolute atomic E-state index is 0.0851. The quantitative estimate of drug-likeness (QED) is 0.531. The van der Waals surface area contributed by atoms with Crippen molar-refractivity contribution in [3.05, 3.63) is 102 Å². The van der Waals surface area contributed by atoms with Gasteiger partial charge < -0.3 is 4.74 Å². The molecule has 1 saturated heterocycles. The van der Waals surface area contributed by atoms with E-state index in [9.17, 15) is 13.2 Å². The van der Waals surface area contributed by atoms with Crippen molar-refractivity contribution in [2.24, 2.45) is 5.92 Å². The van der Waals surface area contributed by atoms with Gasteiger partial charge in [0.05, 0.1) is 23.1 Å². The van der Waals surface area contributed by atoms with E-state index in [2.05, 4.69) is 0 Å². The summed E-state index contributed by atoms with van der Waals surface area (Å²) < 4.78 is 34.0. The van der Waals surface area contributed by atoms with Crippen LogP contribution in [0.4, 0.5) is 0 Å². The maximum absolute atomic E-state index is 13.5. The fourth-order valence-corrected chi connectivity index (χ4v) is 5.65. The van der Waals surface area contributed by atoms with E-state index in [1.807, 2.05) is 43.3 Å². The van der Waals surface area contributed by atoms with E-state index in [4.69, 9.17) is 4.74 Å². The minimum Gasteiger partial charge on any atom is -0.462 e. The van der Waals surface area contributed by atoms with Gasteiger partial charge in [0.1, 0.15) is 0 Å². The van der Waals surface area contributed by atoms with E-state index in [1.165, 1.54) is 0 Å². The first kappa shape index (κ1) is 21.3. The van der Waals surface area contributed by atoms with Gasteiger partial charge in [0, 0.05) is 12.5 Å². The Morgan fingerprint density at radius 1 is 0.935 bits per heavy atom. The van der Waals surface area contributed by atoms with Crippen molar-refractivity contribution in [3.63, 3.8) is 0 Å². The molecule has 4 rings (SSSR count). The summed E-state index contributed by atoms with van der Waals surface area (Å²) in [5.74, 6) is -0.477. The van der Waals surface area contributed by atoms with Crippen molar-refractivity contribution in [1.82, 2.24) is 4.31 Å². The number of nitrogens with zero attached hydrogens (tertiary/aromatic N) is 1. The topological polar surface area (TPSA) is 63.7 Å². The Hall–Kier alpha value is -2.96. The molecule has 0 N–H and O–H groups in total. The van der Waals surface area contributed by atoms with E-state index in [-0.39, 0.29) is 23.5 Å². The Morgan fingerprint density at radius 2 is 1.55 bits per heavy atom. The summed E-state index contributed by atoms with van der Waals surface area (Å²) in [6.45, 7) is 2.41. The van der Waals surface area contributed by atoms with E-state index in [0.717, 1.165) is 11.1 Å². The van der Waals surface area contributed by atoms with E-state index in [1.54, 1.807) is 52.8 Å². The molecule has 2 atom stereocenters. The lowest BCUT2D eigenvalue weighted by molar-refractivity contribution is 0.0447. The number of carbonyl (C=O) groups excluding carboxylic acids is 1.